The molecule has 139 heavy (non-hydrogen) atoms. The van der Waals surface area contributed by atoms with E-state index in [2.05, 4.69) is 20.6 Å². The molecule has 0 aliphatic heterocycles. The third-order valence-electron chi connectivity index (χ3n) is 21.0. The molecule has 0 heterocycles. The lowest BCUT2D eigenvalue weighted by Crippen LogP contribution is -2.18. The standard InChI is InChI=1S/C35H27NO4S.C31H25NO4S.C24H20N2O5S.C24H21NO3S/c1-22-8-9-23(2)32(20-22)33(36-40-24(3)37)35(39)27-14-18-31(19-15-27)41-30-16-12-26(13-17-30)34(38)29-11-10-25-6-4-5-7-28(25)21-29;1-20-9-10-21(2)28(19-20)29(32-36-22(3)33)31(35)25-13-17-27(18-14-25)37-26-15-11-24(12-16-26)30(34)23-7-5-4-6-8-23;1-15-4-5-16(2)22(14-15)23(25-31-17(3)27)24(28)18-6-10-20(11-7-18)32-21-12-8-19(9-13-21)26(29)30;1-16-9-10-17(2)22(15-16)23(25-28-18(3)26)24(27)19-11-13-21(14-12-19)29-20-7-5-4-6-8-20/h4-21H,1-3H3;4-19H,1-3H3;4-14H,1-3H3;4-15H,1-3H3/b36-33+;32-29+;2*25-23+. The maximum Gasteiger partial charge on any atom is 0.332 e. The van der Waals surface area contributed by atoms with E-state index in [4.69, 9.17) is 19.4 Å². The highest BCUT2D eigenvalue weighted by atomic mass is 32.2. The third-order valence-corrected chi connectivity index (χ3v) is 25.1. The average Bonchev–Trinajstić information content (AvgIpc) is 0.815. The van der Waals surface area contributed by atoms with E-state index in [-0.39, 0.29) is 63.2 Å². The number of rotatable bonds is 29. The maximum absolute atomic E-state index is 13.4. The SMILES string of the molecule is CC(=O)O/N=C(/C(=O)c1ccc(Sc2ccc(C(=O)c3ccc4ccccc4c3)cc2)cc1)c1cc(C)ccc1C.CC(=O)O/N=C(/C(=O)c1ccc(Sc2ccc(C(=O)c3ccccc3)cc2)cc1)c1cc(C)ccc1C.CC(=O)O/N=C(/C(=O)c1ccc(Sc2ccc([N+](=O)[O-])cc2)cc1)c1cc(C)ccc1C.CC(=O)O/N=C(/C(=O)c1ccc(Sc2ccccc2)cc1)c1cc(C)ccc1C. The van der Waals surface area contributed by atoms with Gasteiger partial charge in [-0.2, -0.15) is 0 Å². The summed E-state index contributed by atoms with van der Waals surface area (Å²) in [4.78, 5) is 162. The Kier molecular flexibility index (Phi) is 35.9. The number of aryl methyl sites for hydroxylation is 8. The van der Waals surface area contributed by atoms with Crippen LogP contribution >= 0.6 is 47.0 Å². The van der Waals surface area contributed by atoms with Crippen LogP contribution in [0.1, 0.15) is 168 Å². The minimum atomic E-state index is -0.615. The van der Waals surface area contributed by atoms with E-state index in [1.54, 1.807) is 96.7 Å². The van der Waals surface area contributed by atoms with E-state index < -0.39 is 28.8 Å². The Morgan fingerprint density at radius 2 is 0.460 bits per heavy atom. The Morgan fingerprint density at radius 3 is 0.734 bits per heavy atom. The number of nitro benzene ring substituents is 1. The highest BCUT2D eigenvalue weighted by Gasteiger charge is 2.26. The maximum atomic E-state index is 13.4. The fraction of sp³-hybridized carbons (Fsp3) is 0.105. The third kappa shape index (κ3) is 29.0. The first-order chi connectivity index (χ1) is 66.8. The minimum absolute atomic E-state index is 0.0184. The van der Waals surface area contributed by atoms with Crippen LogP contribution in [0.15, 0.2) is 406 Å². The van der Waals surface area contributed by atoms with E-state index in [0.29, 0.717) is 66.8 Å². The van der Waals surface area contributed by atoms with Gasteiger partial charge in [-0.3, -0.25) is 38.9 Å². The molecule has 15 aromatic rings. The average molecular weight is 1920 g/mol. The molecule has 15 rings (SSSR count). The van der Waals surface area contributed by atoms with Crippen LogP contribution in [0.4, 0.5) is 5.69 Å². The highest BCUT2D eigenvalue weighted by molar-refractivity contribution is 8.00. The summed E-state index contributed by atoms with van der Waals surface area (Å²) in [6.45, 7) is 20.2. The van der Waals surface area contributed by atoms with Crippen LogP contribution in [0.2, 0.25) is 0 Å². The van der Waals surface area contributed by atoms with Gasteiger partial charge in [0.1, 0.15) is 0 Å². The van der Waals surface area contributed by atoms with Gasteiger partial charge in [0.2, 0.25) is 23.1 Å². The number of nitrogens with zero attached hydrogens (tertiary/aromatic N) is 5. The van der Waals surface area contributed by atoms with Gasteiger partial charge in [0.05, 0.1) is 4.92 Å². The summed E-state index contributed by atoms with van der Waals surface area (Å²) in [5, 5.41) is 28.4. The quantitative estimate of drug-likeness (QED) is 0.0138. The lowest BCUT2D eigenvalue weighted by atomic mass is 9.96. The second-order valence-electron chi connectivity index (χ2n) is 31.9. The Bertz CT molecular complexity index is 7260. The van der Waals surface area contributed by atoms with Gasteiger partial charge in [-0.05, 0) is 289 Å². The summed E-state index contributed by atoms with van der Waals surface area (Å²) < 4.78 is 0. The van der Waals surface area contributed by atoms with Crippen molar-refractivity contribution in [2.45, 2.75) is 122 Å². The Hall–Kier alpha value is -16.1. The molecular formula is C114H93N5O16S4. The van der Waals surface area contributed by atoms with Crippen molar-refractivity contribution in [3.8, 4) is 0 Å². The monoisotopic (exact) mass is 1920 g/mol. The highest BCUT2D eigenvalue weighted by Crippen LogP contribution is 2.35. The van der Waals surface area contributed by atoms with Gasteiger partial charge >= 0.3 is 23.9 Å². The topological polar surface area (TPSA) is 300 Å². The predicted octanol–water partition coefficient (Wildman–Crippen LogP) is 25.9. The van der Waals surface area contributed by atoms with Crippen molar-refractivity contribution in [2.24, 2.45) is 20.6 Å². The molecule has 0 bridgehead atoms. The molecule has 15 aromatic carbocycles. The van der Waals surface area contributed by atoms with Crippen molar-refractivity contribution in [2.75, 3.05) is 0 Å². The number of carbonyl (C=O) groups excluding carboxylic acids is 10. The van der Waals surface area contributed by atoms with Gasteiger partial charge in [0, 0.05) is 146 Å². The van der Waals surface area contributed by atoms with Crippen molar-refractivity contribution in [1.82, 2.24) is 0 Å². The van der Waals surface area contributed by atoms with Gasteiger partial charge in [-0.15, -0.1) is 0 Å². The Labute approximate surface area is 821 Å². The smallest absolute Gasteiger partial charge is 0.318 e. The molecule has 0 saturated heterocycles. The van der Waals surface area contributed by atoms with Gasteiger partial charge in [-0.25, -0.2) is 19.2 Å². The lowest BCUT2D eigenvalue weighted by Gasteiger charge is -2.10. The van der Waals surface area contributed by atoms with Crippen LogP contribution in [0.25, 0.3) is 10.8 Å². The number of ketones is 6. The predicted molar refractivity (Wildman–Crippen MR) is 546 cm³/mol. The summed E-state index contributed by atoms with van der Waals surface area (Å²) in [5.41, 5.74) is 14.4. The minimum Gasteiger partial charge on any atom is -0.318 e. The van der Waals surface area contributed by atoms with Gasteiger partial charge < -0.3 is 19.4 Å². The zero-order valence-corrected chi connectivity index (χ0v) is 81.1. The van der Waals surface area contributed by atoms with Crippen LogP contribution in [0, 0.1) is 65.5 Å². The molecule has 0 saturated carbocycles. The van der Waals surface area contributed by atoms with Crippen LogP contribution in [-0.4, -0.2) is 86.3 Å². The van der Waals surface area contributed by atoms with Crippen LogP contribution in [-0.2, 0) is 38.5 Å². The zero-order valence-electron chi connectivity index (χ0n) is 77.8. The number of hydrogen-bond donors (Lipinski definition) is 0. The fourth-order valence-electron chi connectivity index (χ4n) is 13.8. The molecule has 0 radical (unpaired) electrons. The first kappa shape index (κ1) is 102. The number of carbonyl (C=O) groups is 10. The lowest BCUT2D eigenvalue weighted by molar-refractivity contribution is -0.384. The molecule has 25 heteroatoms. The molecule has 0 unspecified atom stereocenters. The molecule has 0 aliphatic carbocycles. The molecule has 694 valence electrons. The number of fused-ring (bicyclic) bond motifs is 1. The molecule has 0 fully saturated rings. The van der Waals surface area contributed by atoms with E-state index in [1.165, 1.54) is 75.1 Å². The van der Waals surface area contributed by atoms with E-state index in [9.17, 15) is 58.1 Å². The van der Waals surface area contributed by atoms with Crippen molar-refractivity contribution in [1.29, 1.82) is 0 Å². The van der Waals surface area contributed by atoms with E-state index in [1.807, 2.05) is 304 Å². The van der Waals surface area contributed by atoms with Gasteiger partial charge in [0.25, 0.3) is 5.69 Å². The van der Waals surface area contributed by atoms with Crippen molar-refractivity contribution < 1.29 is 72.2 Å². The second kappa shape index (κ2) is 48.9. The molecule has 0 atom stereocenters. The number of nitro groups is 1. The van der Waals surface area contributed by atoms with Gasteiger partial charge in [-0.1, -0.05) is 223 Å². The van der Waals surface area contributed by atoms with Gasteiger partial charge in [0.15, 0.2) is 34.4 Å². The Morgan fingerprint density at radius 1 is 0.237 bits per heavy atom. The zero-order chi connectivity index (χ0) is 99.3. The van der Waals surface area contributed by atoms with E-state index in [0.717, 1.165) is 94.4 Å². The summed E-state index contributed by atoms with van der Waals surface area (Å²) in [6, 6.07) is 106. The number of benzene rings is 15. The first-order valence-electron chi connectivity index (χ1n) is 43.5. The van der Waals surface area contributed by atoms with Crippen LogP contribution < -0.4 is 0 Å². The normalized spacial score (nSPS) is 11.2. The van der Waals surface area contributed by atoms with Crippen LogP contribution in [0.5, 0.6) is 0 Å². The summed E-state index contributed by atoms with van der Waals surface area (Å²) in [5.74, 6) is -3.77. The summed E-state index contributed by atoms with van der Waals surface area (Å²) in [7, 11) is 0. The first-order valence-corrected chi connectivity index (χ1v) is 46.8. The largest absolute Gasteiger partial charge is 0.332 e. The number of hydrogen-bond acceptors (Lipinski definition) is 24. The van der Waals surface area contributed by atoms with Crippen LogP contribution in [0.3, 0.4) is 0 Å². The summed E-state index contributed by atoms with van der Waals surface area (Å²) in [6.07, 6.45) is 0. The van der Waals surface area contributed by atoms with Crippen molar-refractivity contribution in [3.63, 3.8) is 0 Å². The van der Waals surface area contributed by atoms with Crippen molar-refractivity contribution >= 4 is 145 Å². The fourth-order valence-corrected chi connectivity index (χ4v) is 17.1. The molecular weight excluding hydrogens is 1820 g/mol. The molecule has 0 aromatic heterocycles. The number of non-ortho nitro benzene ring substituents is 1. The number of Topliss-reactive ketones (excluding diaryl/α,β-unsaturated/α-hetero) is 4. The molecule has 0 amide bonds. The Balaban J connectivity index is 0.000000167. The molecule has 0 aliphatic rings. The molecule has 0 spiro atoms. The number of oxime groups is 4. The van der Waals surface area contributed by atoms with Crippen molar-refractivity contribution in [3.05, 3.63) is 467 Å². The second-order valence-corrected chi connectivity index (χ2v) is 36.5. The summed E-state index contributed by atoms with van der Waals surface area (Å²) >= 11 is 6.09. The van der Waals surface area contributed by atoms with E-state index >= 15 is 0 Å². The molecule has 0 N–H and O–H groups in total. The molecule has 21 nitrogen and oxygen atoms in total.